The second-order valence-corrected chi connectivity index (χ2v) is 10.7. The van der Waals surface area contributed by atoms with E-state index in [0.29, 0.717) is 29.6 Å². The minimum absolute atomic E-state index is 0.128. The molecule has 0 saturated heterocycles. The van der Waals surface area contributed by atoms with E-state index in [2.05, 4.69) is 6.92 Å². The first-order chi connectivity index (χ1) is 12.3. The smallest absolute Gasteiger partial charge is 0.0703 e. The zero-order chi connectivity index (χ0) is 18.8. The van der Waals surface area contributed by atoms with E-state index in [4.69, 9.17) is 23.2 Å². The maximum Gasteiger partial charge on any atom is 0.0703 e. The Labute approximate surface area is 168 Å². The Hall–Kier alpha value is 0.460. The average molecular weight is 407 g/mol. The molecular formula is C21H36Cl2O3. The van der Waals surface area contributed by atoms with Crippen molar-refractivity contribution in [1.82, 2.24) is 0 Å². The van der Waals surface area contributed by atoms with Crippen LogP contribution in [0.3, 0.4) is 0 Å². The minimum Gasteiger partial charge on any atom is -0.393 e. The zero-order valence-corrected chi connectivity index (χ0v) is 17.5. The summed E-state index contributed by atoms with van der Waals surface area (Å²) in [6.45, 7) is 2.32. The SMILES string of the molecule is CC1CC(CC2CCC(O)C(Cl)C2)C(O)C(CC2CCC(O)C(Cl)C2)C1. The van der Waals surface area contributed by atoms with Gasteiger partial charge in [-0.15, -0.1) is 23.2 Å². The highest BCUT2D eigenvalue weighted by molar-refractivity contribution is 6.21. The monoisotopic (exact) mass is 406 g/mol. The molecule has 3 aliphatic rings. The van der Waals surface area contributed by atoms with Gasteiger partial charge in [0.25, 0.3) is 0 Å². The van der Waals surface area contributed by atoms with Gasteiger partial charge in [-0.25, -0.2) is 0 Å². The van der Waals surface area contributed by atoms with E-state index < -0.39 is 0 Å². The average Bonchev–Trinajstić information content (AvgIpc) is 2.58. The summed E-state index contributed by atoms with van der Waals surface area (Å²) in [4.78, 5) is 0. The number of halogens is 2. The fourth-order valence-electron chi connectivity index (χ4n) is 5.91. The van der Waals surface area contributed by atoms with Crippen LogP contribution >= 0.6 is 23.2 Å². The molecule has 8 unspecified atom stereocenters. The van der Waals surface area contributed by atoms with Crippen LogP contribution in [0.15, 0.2) is 0 Å². The van der Waals surface area contributed by atoms with Crippen molar-refractivity contribution in [3.63, 3.8) is 0 Å². The standard InChI is InChI=1S/C21H36Cl2O3/c1-12-6-15(8-13-2-4-19(24)17(22)10-13)21(26)16(7-12)9-14-3-5-20(25)18(23)11-14/h12-21,24-26H,2-11H2,1H3. The van der Waals surface area contributed by atoms with Crippen LogP contribution in [-0.4, -0.2) is 44.4 Å². The van der Waals surface area contributed by atoms with Gasteiger partial charge in [-0.05, 0) is 93.8 Å². The van der Waals surface area contributed by atoms with Gasteiger partial charge in [-0.3, -0.25) is 0 Å². The molecule has 3 fully saturated rings. The highest BCUT2D eigenvalue weighted by Gasteiger charge is 2.39. The summed E-state index contributed by atoms with van der Waals surface area (Å²) in [5.74, 6) is 2.42. The van der Waals surface area contributed by atoms with Crippen molar-refractivity contribution in [3.8, 4) is 0 Å². The molecule has 3 N–H and O–H groups in total. The van der Waals surface area contributed by atoms with Gasteiger partial charge in [0.15, 0.2) is 0 Å². The molecule has 0 radical (unpaired) electrons. The van der Waals surface area contributed by atoms with Crippen molar-refractivity contribution in [2.75, 3.05) is 0 Å². The maximum atomic E-state index is 11.1. The van der Waals surface area contributed by atoms with E-state index in [9.17, 15) is 15.3 Å². The van der Waals surface area contributed by atoms with Crippen molar-refractivity contribution < 1.29 is 15.3 Å². The molecular weight excluding hydrogens is 371 g/mol. The molecule has 0 aromatic heterocycles. The van der Waals surface area contributed by atoms with Gasteiger partial charge in [-0.2, -0.15) is 0 Å². The van der Waals surface area contributed by atoms with Crippen molar-refractivity contribution in [2.24, 2.45) is 29.6 Å². The fraction of sp³-hybridized carbons (Fsp3) is 1.00. The Kier molecular flexibility index (Phi) is 7.58. The molecule has 3 rings (SSSR count). The third-order valence-corrected chi connectivity index (χ3v) is 8.28. The van der Waals surface area contributed by atoms with Crippen molar-refractivity contribution in [1.29, 1.82) is 0 Å². The Morgan fingerprint density at radius 1 is 0.692 bits per heavy atom. The lowest BCUT2D eigenvalue weighted by atomic mass is 9.66. The molecule has 0 bridgehead atoms. The molecule has 0 amide bonds. The Morgan fingerprint density at radius 3 is 1.50 bits per heavy atom. The molecule has 3 nitrogen and oxygen atoms in total. The summed E-state index contributed by atoms with van der Waals surface area (Å²) in [5, 5.41) is 30.5. The molecule has 3 saturated carbocycles. The summed E-state index contributed by atoms with van der Waals surface area (Å²) in [7, 11) is 0. The second kappa shape index (κ2) is 9.31. The second-order valence-electron chi connectivity index (χ2n) is 9.58. The van der Waals surface area contributed by atoms with Crippen LogP contribution in [0.2, 0.25) is 0 Å². The molecule has 0 spiro atoms. The molecule has 0 aliphatic heterocycles. The number of aliphatic hydroxyl groups is 3. The molecule has 26 heavy (non-hydrogen) atoms. The minimum atomic E-state index is -0.360. The van der Waals surface area contributed by atoms with E-state index >= 15 is 0 Å². The van der Waals surface area contributed by atoms with E-state index in [0.717, 1.165) is 64.2 Å². The number of hydrogen-bond donors (Lipinski definition) is 3. The first-order valence-corrected chi connectivity index (χ1v) is 11.5. The van der Waals surface area contributed by atoms with Gasteiger partial charge in [0, 0.05) is 0 Å². The van der Waals surface area contributed by atoms with Crippen molar-refractivity contribution in [3.05, 3.63) is 0 Å². The van der Waals surface area contributed by atoms with Crippen LogP contribution in [0.4, 0.5) is 0 Å². The summed E-state index contributed by atoms with van der Waals surface area (Å²) < 4.78 is 0. The number of rotatable bonds is 4. The third-order valence-electron chi connectivity index (χ3n) is 7.34. The van der Waals surface area contributed by atoms with Gasteiger partial charge >= 0.3 is 0 Å². The summed E-state index contributed by atoms with van der Waals surface area (Å²) in [6, 6.07) is 0. The molecule has 0 aromatic rings. The van der Waals surface area contributed by atoms with Crippen LogP contribution in [0, 0.1) is 29.6 Å². The highest BCUT2D eigenvalue weighted by atomic mass is 35.5. The zero-order valence-electron chi connectivity index (χ0n) is 15.9. The molecule has 152 valence electrons. The molecule has 8 atom stereocenters. The predicted molar refractivity (Wildman–Crippen MR) is 107 cm³/mol. The van der Waals surface area contributed by atoms with Crippen LogP contribution < -0.4 is 0 Å². The summed E-state index contributed by atoms with van der Waals surface area (Å²) in [6.07, 6.45) is 8.73. The van der Waals surface area contributed by atoms with E-state index in [1.165, 1.54) is 0 Å². The first kappa shape index (κ1) is 21.2. The topological polar surface area (TPSA) is 60.7 Å². The van der Waals surface area contributed by atoms with Gasteiger partial charge in [-0.1, -0.05) is 6.92 Å². The number of aliphatic hydroxyl groups excluding tert-OH is 3. The number of alkyl halides is 2. The predicted octanol–water partition coefficient (Wildman–Crippen LogP) is 4.33. The van der Waals surface area contributed by atoms with Gasteiger partial charge < -0.3 is 15.3 Å². The molecule has 5 heteroatoms. The lowest BCUT2D eigenvalue weighted by Crippen LogP contribution is -2.40. The quantitative estimate of drug-likeness (QED) is 0.608. The molecule has 0 aromatic carbocycles. The van der Waals surface area contributed by atoms with Crippen LogP contribution in [-0.2, 0) is 0 Å². The Morgan fingerprint density at radius 2 is 1.12 bits per heavy atom. The maximum absolute atomic E-state index is 11.1. The number of hydrogen-bond acceptors (Lipinski definition) is 3. The highest BCUT2D eigenvalue weighted by Crippen LogP contribution is 2.44. The third kappa shape index (κ3) is 5.29. The molecule has 0 heterocycles. The summed E-state index contributed by atoms with van der Waals surface area (Å²) in [5.41, 5.74) is 0. The largest absolute Gasteiger partial charge is 0.393 e. The summed E-state index contributed by atoms with van der Waals surface area (Å²) >= 11 is 12.6. The first-order valence-electron chi connectivity index (χ1n) is 10.7. The van der Waals surface area contributed by atoms with Crippen LogP contribution in [0.1, 0.15) is 71.1 Å². The lowest BCUT2D eigenvalue weighted by Gasteiger charge is -2.43. The Balaban J connectivity index is 1.55. The van der Waals surface area contributed by atoms with Crippen LogP contribution in [0.5, 0.6) is 0 Å². The fourth-order valence-corrected chi connectivity index (χ4v) is 6.67. The van der Waals surface area contributed by atoms with E-state index in [-0.39, 0.29) is 29.1 Å². The molecule has 3 aliphatic carbocycles. The van der Waals surface area contributed by atoms with Crippen molar-refractivity contribution in [2.45, 2.75) is 100 Å². The van der Waals surface area contributed by atoms with E-state index in [1.807, 2.05) is 0 Å². The van der Waals surface area contributed by atoms with Gasteiger partial charge in [0.2, 0.25) is 0 Å². The van der Waals surface area contributed by atoms with Gasteiger partial charge in [0.1, 0.15) is 0 Å². The lowest BCUT2D eigenvalue weighted by molar-refractivity contribution is -0.0277. The van der Waals surface area contributed by atoms with Gasteiger partial charge in [0.05, 0.1) is 29.1 Å². The normalized spacial score (nSPS) is 50.5. The van der Waals surface area contributed by atoms with E-state index in [1.54, 1.807) is 0 Å². The Bertz CT molecular complexity index is 411. The van der Waals surface area contributed by atoms with Crippen molar-refractivity contribution >= 4 is 23.2 Å². The van der Waals surface area contributed by atoms with Crippen LogP contribution in [0.25, 0.3) is 0 Å².